The second-order valence-electron chi connectivity index (χ2n) is 9.19. The van der Waals surface area contributed by atoms with E-state index in [1.165, 1.54) is 25.0 Å². The molecule has 6 nitrogen and oxygen atoms in total. The van der Waals surface area contributed by atoms with E-state index in [1.807, 2.05) is 31.2 Å². The summed E-state index contributed by atoms with van der Waals surface area (Å²) in [7, 11) is 0. The Labute approximate surface area is 204 Å². The Morgan fingerprint density at radius 3 is 2.74 bits per heavy atom. The van der Waals surface area contributed by atoms with Gasteiger partial charge in [-0.25, -0.2) is 4.39 Å². The Hall–Kier alpha value is -3.71. The average molecular weight is 473 g/mol. The van der Waals surface area contributed by atoms with Gasteiger partial charge in [-0.3, -0.25) is 9.59 Å². The molecule has 0 aliphatic carbocycles. The van der Waals surface area contributed by atoms with Crippen LogP contribution in [0.4, 0.5) is 10.1 Å². The van der Waals surface area contributed by atoms with Crippen LogP contribution in [0.3, 0.4) is 0 Å². The molecule has 1 aromatic heterocycles. The van der Waals surface area contributed by atoms with E-state index in [2.05, 4.69) is 20.5 Å². The van der Waals surface area contributed by atoms with Crippen molar-refractivity contribution in [1.29, 1.82) is 0 Å². The average Bonchev–Trinajstić information content (AvgIpc) is 3.56. The van der Waals surface area contributed by atoms with Gasteiger partial charge < -0.3 is 20.5 Å². The number of aromatic nitrogens is 1. The highest BCUT2D eigenvalue weighted by Gasteiger charge is 2.28. The van der Waals surface area contributed by atoms with E-state index < -0.39 is 0 Å². The number of H-pyrrole nitrogens is 1. The smallest absolute Gasteiger partial charge is 0.256 e. The lowest BCUT2D eigenvalue weighted by Gasteiger charge is -2.14. The highest BCUT2D eigenvalue weighted by molar-refractivity contribution is 6.36. The van der Waals surface area contributed by atoms with Gasteiger partial charge in [0.1, 0.15) is 5.82 Å². The second-order valence-corrected chi connectivity index (χ2v) is 9.19. The van der Waals surface area contributed by atoms with Crippen molar-refractivity contribution in [3.05, 3.63) is 76.9 Å². The number of aryl methyl sites for hydroxylation is 1. The van der Waals surface area contributed by atoms with E-state index in [1.54, 1.807) is 18.2 Å². The second kappa shape index (κ2) is 9.88. The number of nitrogens with zero attached hydrogens (tertiary/aromatic N) is 1. The highest BCUT2D eigenvalue weighted by Crippen LogP contribution is 2.40. The fourth-order valence-corrected chi connectivity index (χ4v) is 4.95. The maximum Gasteiger partial charge on any atom is 0.256 e. The molecule has 0 radical (unpaired) electrons. The van der Waals surface area contributed by atoms with Crippen molar-refractivity contribution >= 4 is 29.2 Å². The number of rotatable bonds is 7. The highest BCUT2D eigenvalue weighted by atomic mass is 19.1. The molecule has 1 saturated heterocycles. The van der Waals surface area contributed by atoms with Crippen LogP contribution in [0.1, 0.15) is 46.6 Å². The molecule has 3 N–H and O–H groups in total. The normalized spacial score (nSPS) is 16.5. The zero-order chi connectivity index (χ0) is 24.4. The van der Waals surface area contributed by atoms with E-state index in [-0.39, 0.29) is 17.6 Å². The third-order valence-corrected chi connectivity index (χ3v) is 6.61. The van der Waals surface area contributed by atoms with Crippen molar-refractivity contribution in [2.24, 2.45) is 0 Å². The van der Waals surface area contributed by atoms with Crippen LogP contribution in [0.15, 0.2) is 48.5 Å². The molecule has 3 heterocycles. The minimum Gasteiger partial charge on any atom is -0.358 e. The van der Waals surface area contributed by atoms with Gasteiger partial charge in [-0.2, -0.15) is 0 Å². The molecule has 35 heavy (non-hydrogen) atoms. The van der Waals surface area contributed by atoms with Crippen LogP contribution >= 0.6 is 0 Å². The van der Waals surface area contributed by atoms with Crippen molar-refractivity contribution < 1.29 is 14.0 Å². The van der Waals surface area contributed by atoms with Crippen molar-refractivity contribution in [3.63, 3.8) is 0 Å². The monoisotopic (exact) mass is 472 g/mol. The Kier molecular flexibility index (Phi) is 6.51. The third kappa shape index (κ3) is 4.91. The van der Waals surface area contributed by atoms with E-state index in [0.717, 1.165) is 37.3 Å². The summed E-state index contributed by atoms with van der Waals surface area (Å²) in [5.41, 5.74) is 5.14. The minimum absolute atomic E-state index is 0.167. The number of hydrogen-bond acceptors (Lipinski definition) is 3. The summed E-state index contributed by atoms with van der Waals surface area (Å²) >= 11 is 0. The molecule has 0 unspecified atom stereocenters. The molecule has 180 valence electrons. The van der Waals surface area contributed by atoms with Gasteiger partial charge in [-0.15, -0.1) is 0 Å². The van der Waals surface area contributed by atoms with E-state index in [0.29, 0.717) is 40.2 Å². The lowest BCUT2D eigenvalue weighted by atomic mass is 9.94. The number of likely N-dealkylation sites (tertiary alicyclic amines) is 1. The first-order valence-corrected chi connectivity index (χ1v) is 12.1. The van der Waals surface area contributed by atoms with E-state index in [9.17, 15) is 14.0 Å². The SMILES string of the molecule is Cc1cc(C(=O)NCCCN2CCCC2)c(C=C2C(=O)Nc3cccc(-c4cccc(F)c4)c32)[nH]1. The topological polar surface area (TPSA) is 77.2 Å². The van der Waals surface area contributed by atoms with Crippen molar-refractivity contribution in [1.82, 2.24) is 15.2 Å². The predicted octanol–water partition coefficient (Wildman–Crippen LogP) is 4.84. The van der Waals surface area contributed by atoms with Crippen molar-refractivity contribution in [2.45, 2.75) is 26.2 Å². The van der Waals surface area contributed by atoms with Crippen LogP contribution in [0.5, 0.6) is 0 Å². The number of aromatic amines is 1. The van der Waals surface area contributed by atoms with E-state index in [4.69, 9.17) is 0 Å². The molecule has 1 fully saturated rings. The van der Waals surface area contributed by atoms with Gasteiger partial charge in [0.05, 0.1) is 16.8 Å². The van der Waals surface area contributed by atoms with Crippen molar-refractivity contribution in [3.8, 4) is 11.1 Å². The standard InChI is InChI=1S/C28H29FN4O2/c1-18-15-22(27(34)30-11-6-14-33-12-2-3-13-33)25(31-18)17-23-26-21(19-7-4-8-20(29)16-19)9-5-10-24(26)32-28(23)35/h4-5,7-10,15-17,31H,2-3,6,11-14H2,1H3,(H,30,34)(H,32,35). The van der Waals surface area contributed by atoms with Gasteiger partial charge in [0, 0.05) is 23.5 Å². The first kappa shape index (κ1) is 23.1. The number of amides is 2. The molecular formula is C28H29FN4O2. The molecule has 2 amide bonds. The van der Waals surface area contributed by atoms with Gasteiger partial charge >= 0.3 is 0 Å². The molecular weight excluding hydrogens is 443 g/mol. The predicted molar refractivity (Wildman–Crippen MR) is 136 cm³/mol. The molecule has 0 bridgehead atoms. The van der Waals surface area contributed by atoms with Crippen LogP contribution in [0, 0.1) is 12.7 Å². The Bertz CT molecular complexity index is 1300. The summed E-state index contributed by atoms with van der Waals surface area (Å²) in [6.45, 7) is 5.76. The molecule has 0 spiro atoms. The van der Waals surface area contributed by atoms with Gasteiger partial charge in [0.25, 0.3) is 11.8 Å². The van der Waals surface area contributed by atoms with Crippen molar-refractivity contribution in [2.75, 3.05) is 31.5 Å². The van der Waals surface area contributed by atoms with Gasteiger partial charge in [-0.05, 0) is 87.3 Å². The quantitative estimate of drug-likeness (QED) is 0.340. The lowest BCUT2D eigenvalue weighted by molar-refractivity contribution is -0.110. The number of nitrogens with one attached hydrogen (secondary N) is 3. The molecule has 5 rings (SSSR count). The Morgan fingerprint density at radius 1 is 1.14 bits per heavy atom. The number of benzene rings is 2. The largest absolute Gasteiger partial charge is 0.358 e. The van der Waals surface area contributed by atoms with Crippen LogP contribution in [-0.2, 0) is 4.79 Å². The minimum atomic E-state index is -0.341. The fraction of sp³-hybridized carbons (Fsp3) is 0.286. The summed E-state index contributed by atoms with van der Waals surface area (Å²) in [5.74, 6) is -0.764. The summed E-state index contributed by atoms with van der Waals surface area (Å²) < 4.78 is 13.9. The molecule has 3 aromatic rings. The number of anilines is 1. The van der Waals surface area contributed by atoms with Crippen LogP contribution in [0.2, 0.25) is 0 Å². The Morgan fingerprint density at radius 2 is 1.94 bits per heavy atom. The van der Waals surface area contributed by atoms with Gasteiger partial charge in [0.15, 0.2) is 0 Å². The lowest BCUT2D eigenvalue weighted by Crippen LogP contribution is -2.28. The molecule has 0 atom stereocenters. The van der Waals surface area contributed by atoms with E-state index >= 15 is 0 Å². The van der Waals surface area contributed by atoms with Gasteiger partial charge in [-0.1, -0.05) is 24.3 Å². The summed E-state index contributed by atoms with van der Waals surface area (Å²) in [6, 6.07) is 13.6. The maximum absolute atomic E-state index is 13.9. The fourth-order valence-electron chi connectivity index (χ4n) is 4.95. The third-order valence-electron chi connectivity index (χ3n) is 6.61. The zero-order valence-electron chi connectivity index (χ0n) is 19.8. The number of fused-ring (bicyclic) bond motifs is 1. The summed E-state index contributed by atoms with van der Waals surface area (Å²) in [5, 5.41) is 5.91. The van der Waals surface area contributed by atoms with Crippen LogP contribution < -0.4 is 10.6 Å². The van der Waals surface area contributed by atoms with Crippen LogP contribution in [-0.4, -0.2) is 47.9 Å². The first-order valence-electron chi connectivity index (χ1n) is 12.1. The Balaban J connectivity index is 1.41. The molecule has 2 aliphatic rings. The molecule has 2 aromatic carbocycles. The molecule has 0 saturated carbocycles. The number of carbonyl (C=O) groups is 2. The number of halogens is 1. The molecule has 7 heteroatoms. The number of hydrogen-bond donors (Lipinski definition) is 3. The zero-order valence-corrected chi connectivity index (χ0v) is 19.8. The van der Waals surface area contributed by atoms with Crippen LogP contribution in [0.25, 0.3) is 22.8 Å². The summed E-state index contributed by atoms with van der Waals surface area (Å²) in [6.07, 6.45) is 5.13. The first-order chi connectivity index (χ1) is 17.0. The van der Waals surface area contributed by atoms with Gasteiger partial charge in [0.2, 0.25) is 0 Å². The number of carbonyl (C=O) groups excluding carboxylic acids is 2. The maximum atomic E-state index is 13.9. The molecule has 2 aliphatic heterocycles. The summed E-state index contributed by atoms with van der Waals surface area (Å²) in [4.78, 5) is 31.6.